The molecule has 0 spiro atoms. The zero-order chi connectivity index (χ0) is 28.2. The highest BCUT2D eigenvalue weighted by atomic mass is 35.5. The van der Waals surface area contributed by atoms with Gasteiger partial charge in [0.2, 0.25) is 0 Å². The maximum absolute atomic E-state index is 14.0. The average molecular weight is 568 g/mol. The van der Waals surface area contributed by atoms with Gasteiger partial charge in [0.1, 0.15) is 18.5 Å². The van der Waals surface area contributed by atoms with Crippen LogP contribution < -0.4 is 9.47 Å². The molecule has 9 heteroatoms. The van der Waals surface area contributed by atoms with Crippen molar-refractivity contribution in [3.8, 4) is 11.5 Å². The first-order valence-corrected chi connectivity index (χ1v) is 13.7. The molecule has 0 radical (unpaired) electrons. The molecule has 2 unspecified atom stereocenters. The van der Waals surface area contributed by atoms with Crippen molar-refractivity contribution < 1.29 is 33.3 Å². The first-order valence-electron chi connectivity index (χ1n) is 13.3. The van der Waals surface area contributed by atoms with Crippen molar-refractivity contribution in [3.63, 3.8) is 0 Å². The van der Waals surface area contributed by atoms with Gasteiger partial charge in [-0.2, -0.15) is 0 Å². The van der Waals surface area contributed by atoms with E-state index >= 15 is 0 Å². The number of aliphatic carboxylic acids is 1. The lowest BCUT2D eigenvalue weighted by molar-refractivity contribution is -0.160. The lowest BCUT2D eigenvalue weighted by atomic mass is 9.91. The number of methoxy groups -OCH3 is 1. The number of amides is 1. The summed E-state index contributed by atoms with van der Waals surface area (Å²) >= 11 is 5.80. The van der Waals surface area contributed by atoms with Gasteiger partial charge >= 0.3 is 5.97 Å². The highest BCUT2D eigenvalue weighted by Crippen LogP contribution is 2.40. The van der Waals surface area contributed by atoms with Gasteiger partial charge in [0, 0.05) is 18.5 Å². The molecule has 0 saturated heterocycles. The molecule has 2 atom stereocenters. The number of nitrogens with zero attached hydrogens (tertiary/aromatic N) is 1. The maximum Gasteiger partial charge on any atom is 0.326 e. The number of hydrogen-bond acceptors (Lipinski definition) is 5. The van der Waals surface area contributed by atoms with Crippen LogP contribution in [0.5, 0.6) is 11.5 Å². The minimum atomic E-state index is -1.14. The molecule has 1 saturated carbocycles. The zero-order valence-corrected chi connectivity index (χ0v) is 22.9. The molecule has 1 aliphatic heterocycles. The molecule has 5 rings (SSSR count). The SMILES string of the molecule is COc1ccc2c(c1OCc1ccc(Cl)c(F)c1)CC(C(=O)O)N(C(=O)C(OC1CCCC1)c1ccccc1)C2. The van der Waals surface area contributed by atoms with Crippen LogP contribution in [-0.2, 0) is 33.9 Å². The van der Waals surface area contributed by atoms with Gasteiger partial charge in [-0.05, 0) is 47.7 Å². The predicted octanol–water partition coefficient (Wildman–Crippen LogP) is 6.11. The number of carbonyl (C=O) groups excluding carboxylic acids is 1. The van der Waals surface area contributed by atoms with Crippen molar-refractivity contribution in [2.24, 2.45) is 0 Å². The quantitative estimate of drug-likeness (QED) is 0.336. The van der Waals surface area contributed by atoms with E-state index in [1.54, 1.807) is 12.1 Å². The molecule has 0 bridgehead atoms. The minimum Gasteiger partial charge on any atom is -0.493 e. The highest BCUT2D eigenvalue weighted by Gasteiger charge is 2.41. The zero-order valence-electron chi connectivity index (χ0n) is 22.1. The fourth-order valence-corrected chi connectivity index (χ4v) is 5.56. The van der Waals surface area contributed by atoms with Crippen molar-refractivity contribution in [2.45, 2.75) is 63.5 Å². The van der Waals surface area contributed by atoms with Crippen LogP contribution in [0.3, 0.4) is 0 Å². The van der Waals surface area contributed by atoms with Crippen LogP contribution in [0.1, 0.15) is 54.0 Å². The van der Waals surface area contributed by atoms with Gasteiger partial charge in [-0.1, -0.05) is 66.9 Å². The summed E-state index contributed by atoms with van der Waals surface area (Å²) in [5, 5.41) is 10.3. The molecule has 1 amide bonds. The van der Waals surface area contributed by atoms with E-state index in [1.165, 1.54) is 24.1 Å². The van der Waals surface area contributed by atoms with Crippen LogP contribution in [0.15, 0.2) is 60.7 Å². The summed E-state index contributed by atoms with van der Waals surface area (Å²) in [6.07, 6.45) is 2.91. The molecule has 40 heavy (non-hydrogen) atoms. The summed E-state index contributed by atoms with van der Waals surface area (Å²) in [6.45, 7) is 0.0883. The van der Waals surface area contributed by atoms with E-state index in [4.69, 9.17) is 25.8 Å². The Morgan fingerprint density at radius 3 is 2.52 bits per heavy atom. The Hall–Kier alpha value is -3.62. The Balaban J connectivity index is 1.45. The van der Waals surface area contributed by atoms with Crippen molar-refractivity contribution in [1.82, 2.24) is 4.90 Å². The number of carboxylic acids is 1. The van der Waals surface area contributed by atoms with Crippen LogP contribution in [0, 0.1) is 5.82 Å². The molecular formula is C31H31ClFNO6. The molecule has 1 aliphatic carbocycles. The van der Waals surface area contributed by atoms with Crippen LogP contribution in [0.4, 0.5) is 4.39 Å². The second kappa shape index (κ2) is 12.3. The third-order valence-corrected chi connectivity index (χ3v) is 7.85. The van der Waals surface area contributed by atoms with Gasteiger partial charge in [0.05, 0.1) is 18.2 Å². The van der Waals surface area contributed by atoms with Gasteiger partial charge in [-0.25, -0.2) is 9.18 Å². The van der Waals surface area contributed by atoms with E-state index in [2.05, 4.69) is 0 Å². The first-order chi connectivity index (χ1) is 19.4. The van der Waals surface area contributed by atoms with Crippen molar-refractivity contribution in [1.29, 1.82) is 0 Å². The smallest absolute Gasteiger partial charge is 0.326 e. The first kappa shape index (κ1) is 27.9. The van der Waals surface area contributed by atoms with Crippen molar-refractivity contribution in [2.75, 3.05) is 7.11 Å². The standard InChI is InChI=1S/C31H31ClFNO6/c1-38-27-14-12-21-17-34(30(35)28(20-7-3-2-4-8-20)40-22-9-5-6-10-22)26(31(36)37)16-23(21)29(27)39-18-19-11-13-24(32)25(33)15-19/h2-4,7-8,11-15,22,26,28H,5-6,9-10,16-18H2,1H3,(H,36,37). The minimum absolute atomic E-state index is 0.0122. The topological polar surface area (TPSA) is 85.3 Å². The number of carboxylic acid groups (broad SMARTS) is 1. The number of rotatable bonds is 9. The van der Waals surface area contributed by atoms with Gasteiger partial charge in [0.15, 0.2) is 17.6 Å². The van der Waals surface area contributed by atoms with Crippen LogP contribution in [0.2, 0.25) is 5.02 Å². The van der Waals surface area contributed by atoms with E-state index in [9.17, 15) is 19.1 Å². The number of halogens is 2. The Bertz CT molecular complexity index is 1380. The number of hydrogen-bond donors (Lipinski definition) is 1. The molecule has 3 aromatic rings. The van der Waals surface area contributed by atoms with E-state index in [1.807, 2.05) is 36.4 Å². The molecule has 1 heterocycles. The molecule has 3 aromatic carbocycles. The second-order valence-corrected chi connectivity index (χ2v) is 10.5. The molecule has 1 N–H and O–H groups in total. The van der Waals surface area contributed by atoms with E-state index in [0.717, 1.165) is 31.2 Å². The van der Waals surface area contributed by atoms with Gasteiger partial charge in [-0.3, -0.25) is 4.79 Å². The lowest BCUT2D eigenvalue weighted by Crippen LogP contribution is -2.50. The molecule has 0 aromatic heterocycles. The largest absolute Gasteiger partial charge is 0.493 e. The molecule has 210 valence electrons. The number of fused-ring (bicyclic) bond motifs is 1. The Morgan fingerprint density at radius 1 is 1.10 bits per heavy atom. The summed E-state index contributed by atoms with van der Waals surface area (Å²) in [4.78, 5) is 28.0. The van der Waals surface area contributed by atoms with E-state index < -0.39 is 23.9 Å². The Labute approximate surface area is 237 Å². The van der Waals surface area contributed by atoms with Crippen LogP contribution in [-0.4, -0.2) is 41.1 Å². The Morgan fingerprint density at radius 2 is 1.85 bits per heavy atom. The summed E-state index contributed by atoms with van der Waals surface area (Å²) in [7, 11) is 1.49. The molecule has 7 nitrogen and oxygen atoms in total. The highest BCUT2D eigenvalue weighted by molar-refractivity contribution is 6.30. The normalized spacial score (nSPS) is 17.8. The molecule has 1 fully saturated rings. The number of benzene rings is 3. The van der Waals surface area contributed by atoms with E-state index in [0.29, 0.717) is 28.2 Å². The summed E-state index contributed by atoms with van der Waals surface area (Å²) < 4.78 is 31.9. The van der Waals surface area contributed by atoms with Crippen LogP contribution >= 0.6 is 11.6 Å². The average Bonchev–Trinajstić information content (AvgIpc) is 3.49. The molecule has 2 aliphatic rings. The summed E-state index contributed by atoms with van der Waals surface area (Å²) in [6, 6.07) is 16.0. The van der Waals surface area contributed by atoms with Gasteiger partial charge in [-0.15, -0.1) is 0 Å². The van der Waals surface area contributed by atoms with Crippen LogP contribution in [0.25, 0.3) is 0 Å². The predicted molar refractivity (Wildman–Crippen MR) is 147 cm³/mol. The lowest BCUT2D eigenvalue weighted by Gasteiger charge is -2.37. The molecular weight excluding hydrogens is 537 g/mol. The van der Waals surface area contributed by atoms with Gasteiger partial charge < -0.3 is 24.2 Å². The Kier molecular flexibility index (Phi) is 8.57. The third-order valence-electron chi connectivity index (χ3n) is 7.55. The number of carbonyl (C=O) groups is 2. The third kappa shape index (κ3) is 5.93. The monoisotopic (exact) mass is 567 g/mol. The van der Waals surface area contributed by atoms with Crippen molar-refractivity contribution in [3.05, 3.63) is 93.8 Å². The summed E-state index contributed by atoms with van der Waals surface area (Å²) in [5.74, 6) is -1.27. The van der Waals surface area contributed by atoms with E-state index in [-0.39, 0.29) is 36.6 Å². The van der Waals surface area contributed by atoms with Crippen molar-refractivity contribution >= 4 is 23.5 Å². The fourth-order valence-electron chi connectivity index (χ4n) is 5.45. The number of ether oxygens (including phenoxy) is 3. The fraction of sp³-hybridized carbons (Fsp3) is 0.355. The maximum atomic E-state index is 14.0. The van der Waals surface area contributed by atoms with Gasteiger partial charge in [0.25, 0.3) is 5.91 Å². The summed E-state index contributed by atoms with van der Waals surface area (Å²) in [5.41, 5.74) is 2.64. The second-order valence-electron chi connectivity index (χ2n) is 10.1.